The second kappa shape index (κ2) is 10.6. The molecule has 144 valence electrons. The number of nitrogens with zero attached hydrogens (tertiary/aromatic N) is 1. The second-order valence-corrected chi connectivity index (χ2v) is 8.73. The van der Waals surface area contributed by atoms with Crippen LogP contribution in [-0.2, 0) is 25.5 Å². The Bertz CT molecular complexity index is 673. The first kappa shape index (κ1) is 23.7. The van der Waals surface area contributed by atoms with Gasteiger partial charge in [-0.25, -0.2) is 13.2 Å². The van der Waals surface area contributed by atoms with E-state index in [-0.39, 0.29) is 23.6 Å². The standard InChI is InChI=1S/C14H22NO2S.C2H6O4S/c1-7-18(6)13-9-10(2)12(8-11(13)3)17-14(16)15(4)5;1-2-6-7(3,4)5/h8-9H,7H2,1-6H3;2H2,1H3,(H,3,4,5)/q+1;/p-1. The molecule has 1 aromatic rings. The van der Waals surface area contributed by atoms with Crippen molar-refractivity contribution in [3.8, 4) is 5.75 Å². The van der Waals surface area contributed by atoms with E-state index in [1.807, 2.05) is 13.0 Å². The fraction of sp³-hybridized carbons (Fsp3) is 0.562. The monoisotopic (exact) mass is 393 g/mol. The van der Waals surface area contributed by atoms with Gasteiger partial charge in [0.05, 0.1) is 6.61 Å². The van der Waals surface area contributed by atoms with Crippen molar-refractivity contribution < 1.29 is 26.7 Å². The SMILES string of the molecule is CCOS(=O)(=O)[O-].CC[S+](C)c1cc(C)c(OC(=O)N(C)C)cc1C. The number of carbonyl (C=O) groups excluding carboxylic acids is 1. The highest BCUT2D eigenvalue weighted by atomic mass is 32.3. The van der Waals surface area contributed by atoms with Crippen molar-refractivity contribution in [2.24, 2.45) is 0 Å². The van der Waals surface area contributed by atoms with Crippen molar-refractivity contribution in [3.63, 3.8) is 0 Å². The van der Waals surface area contributed by atoms with Gasteiger partial charge in [-0.2, -0.15) is 0 Å². The molecule has 0 aliphatic rings. The molecule has 0 heterocycles. The van der Waals surface area contributed by atoms with Crippen LogP contribution in [0, 0.1) is 13.8 Å². The lowest BCUT2D eigenvalue weighted by molar-refractivity contribution is 0.171. The lowest BCUT2D eigenvalue weighted by Gasteiger charge is -2.14. The lowest BCUT2D eigenvalue weighted by atomic mass is 10.1. The Hall–Kier alpha value is -1.29. The van der Waals surface area contributed by atoms with Gasteiger partial charge in [0, 0.05) is 36.6 Å². The van der Waals surface area contributed by atoms with E-state index in [2.05, 4.69) is 30.4 Å². The minimum Gasteiger partial charge on any atom is -0.726 e. The van der Waals surface area contributed by atoms with Crippen molar-refractivity contribution in [2.45, 2.75) is 32.6 Å². The van der Waals surface area contributed by atoms with E-state index in [1.54, 1.807) is 14.1 Å². The van der Waals surface area contributed by atoms with Gasteiger partial charge in [-0.05, 0) is 39.3 Å². The molecule has 25 heavy (non-hydrogen) atoms. The smallest absolute Gasteiger partial charge is 0.414 e. The Morgan fingerprint density at radius 3 is 2.12 bits per heavy atom. The fourth-order valence-corrected chi connectivity index (χ4v) is 3.32. The Kier molecular flexibility index (Phi) is 10.1. The number of carbonyl (C=O) groups is 1. The molecule has 0 N–H and O–H groups in total. The molecule has 0 fully saturated rings. The van der Waals surface area contributed by atoms with E-state index in [9.17, 15) is 17.8 Å². The zero-order chi connectivity index (χ0) is 19.8. The predicted octanol–water partition coefficient (Wildman–Crippen LogP) is 2.47. The van der Waals surface area contributed by atoms with E-state index in [1.165, 1.54) is 22.3 Å². The maximum Gasteiger partial charge on any atom is 0.414 e. The van der Waals surface area contributed by atoms with Gasteiger partial charge in [-0.1, -0.05) is 0 Å². The summed E-state index contributed by atoms with van der Waals surface area (Å²) in [7, 11) is -0.807. The molecule has 0 radical (unpaired) electrons. The molecule has 0 saturated heterocycles. The number of hydrogen-bond donors (Lipinski definition) is 0. The Balaban J connectivity index is 0.000000697. The maximum absolute atomic E-state index is 11.6. The maximum atomic E-state index is 11.6. The van der Waals surface area contributed by atoms with E-state index < -0.39 is 10.4 Å². The Morgan fingerprint density at radius 2 is 1.76 bits per heavy atom. The number of benzene rings is 1. The summed E-state index contributed by atoms with van der Waals surface area (Å²) in [5, 5.41) is 0. The van der Waals surface area contributed by atoms with Crippen molar-refractivity contribution in [1.29, 1.82) is 0 Å². The largest absolute Gasteiger partial charge is 0.726 e. The van der Waals surface area contributed by atoms with E-state index >= 15 is 0 Å². The van der Waals surface area contributed by atoms with Crippen LogP contribution in [0.15, 0.2) is 17.0 Å². The molecule has 1 unspecified atom stereocenters. The number of rotatable bonds is 5. The zero-order valence-electron chi connectivity index (χ0n) is 15.8. The molecular weight excluding hydrogens is 366 g/mol. The molecule has 1 aromatic carbocycles. The molecule has 1 atom stereocenters. The van der Waals surface area contributed by atoms with E-state index in [0.29, 0.717) is 5.75 Å². The van der Waals surface area contributed by atoms with Crippen LogP contribution in [0.5, 0.6) is 5.75 Å². The van der Waals surface area contributed by atoms with Crippen LogP contribution >= 0.6 is 0 Å². The molecule has 0 saturated carbocycles. The molecule has 7 nitrogen and oxygen atoms in total. The van der Waals surface area contributed by atoms with E-state index in [0.717, 1.165) is 11.3 Å². The summed E-state index contributed by atoms with van der Waals surface area (Å²) in [6.07, 6.45) is 1.91. The van der Waals surface area contributed by atoms with E-state index in [4.69, 9.17) is 4.74 Å². The Morgan fingerprint density at radius 1 is 1.20 bits per heavy atom. The van der Waals surface area contributed by atoms with Crippen LogP contribution in [0.1, 0.15) is 25.0 Å². The van der Waals surface area contributed by atoms with Gasteiger partial charge in [-0.3, -0.25) is 4.18 Å². The molecule has 0 aliphatic heterocycles. The summed E-state index contributed by atoms with van der Waals surface area (Å²) >= 11 is 0. The zero-order valence-corrected chi connectivity index (χ0v) is 17.4. The van der Waals surface area contributed by atoms with Gasteiger partial charge in [0.15, 0.2) is 4.90 Å². The first-order valence-electron chi connectivity index (χ1n) is 7.66. The third-order valence-corrected chi connectivity index (χ3v) is 5.69. The summed E-state index contributed by atoms with van der Waals surface area (Å²) in [5.74, 6) is 1.79. The summed E-state index contributed by atoms with van der Waals surface area (Å²) in [5.41, 5.74) is 2.20. The van der Waals surface area contributed by atoms with Crippen molar-refractivity contribution in [2.75, 3.05) is 32.7 Å². The number of ether oxygens (including phenoxy) is 1. The summed E-state index contributed by atoms with van der Waals surface area (Å²) in [6.45, 7) is 7.58. The van der Waals surface area contributed by atoms with Gasteiger partial charge >= 0.3 is 6.09 Å². The van der Waals surface area contributed by atoms with Crippen LogP contribution in [0.4, 0.5) is 4.79 Å². The van der Waals surface area contributed by atoms with Crippen LogP contribution in [-0.4, -0.2) is 56.7 Å². The highest BCUT2D eigenvalue weighted by Gasteiger charge is 2.19. The van der Waals surface area contributed by atoms with Crippen LogP contribution < -0.4 is 4.74 Å². The second-order valence-electron chi connectivity index (χ2n) is 5.39. The molecule has 0 spiro atoms. The average Bonchev–Trinajstić information content (AvgIpc) is 2.49. The molecule has 1 rings (SSSR count). The molecule has 9 heteroatoms. The Labute approximate surface area is 153 Å². The first-order valence-corrected chi connectivity index (χ1v) is 10.8. The average molecular weight is 394 g/mol. The molecule has 0 bridgehead atoms. The molecule has 1 amide bonds. The number of aryl methyl sites for hydroxylation is 2. The van der Waals surface area contributed by atoms with Gasteiger partial charge in [0.2, 0.25) is 10.4 Å². The molecular formula is C16H27NO6S2. The fourth-order valence-electron chi connectivity index (χ4n) is 1.73. The quantitative estimate of drug-likeness (QED) is 0.433. The summed E-state index contributed by atoms with van der Waals surface area (Å²) in [4.78, 5) is 14.3. The van der Waals surface area contributed by atoms with Gasteiger partial charge in [0.25, 0.3) is 0 Å². The first-order chi connectivity index (χ1) is 11.4. The third kappa shape index (κ3) is 9.10. The van der Waals surface area contributed by atoms with Gasteiger partial charge in [-0.15, -0.1) is 0 Å². The van der Waals surface area contributed by atoms with Gasteiger partial charge in [0.1, 0.15) is 17.8 Å². The third-order valence-electron chi connectivity index (χ3n) is 3.11. The highest BCUT2D eigenvalue weighted by Crippen LogP contribution is 2.27. The topological polar surface area (TPSA) is 96.0 Å². The molecule has 0 aromatic heterocycles. The van der Waals surface area contributed by atoms with Crippen molar-refractivity contribution in [3.05, 3.63) is 23.3 Å². The summed E-state index contributed by atoms with van der Waals surface area (Å²) in [6, 6.07) is 4.10. The van der Waals surface area contributed by atoms with Crippen molar-refractivity contribution >= 4 is 27.4 Å². The molecule has 0 aliphatic carbocycles. The minimum absolute atomic E-state index is 0.0914. The van der Waals surface area contributed by atoms with Crippen molar-refractivity contribution in [1.82, 2.24) is 4.90 Å². The minimum atomic E-state index is -4.42. The highest BCUT2D eigenvalue weighted by molar-refractivity contribution is 7.96. The predicted molar refractivity (Wildman–Crippen MR) is 99.0 cm³/mol. The van der Waals surface area contributed by atoms with Crippen LogP contribution in [0.3, 0.4) is 0 Å². The normalized spacial score (nSPS) is 12.0. The van der Waals surface area contributed by atoms with Crippen LogP contribution in [0.2, 0.25) is 0 Å². The van der Waals surface area contributed by atoms with Gasteiger partial charge < -0.3 is 14.2 Å². The number of amides is 1. The van der Waals surface area contributed by atoms with Crippen LogP contribution in [0.25, 0.3) is 0 Å². The lowest BCUT2D eigenvalue weighted by Crippen LogP contribution is -2.25. The number of hydrogen-bond acceptors (Lipinski definition) is 6. The summed E-state index contributed by atoms with van der Waals surface area (Å²) < 4.78 is 37.4.